The summed E-state index contributed by atoms with van der Waals surface area (Å²) in [7, 11) is 0. The zero-order valence-electron chi connectivity index (χ0n) is 17.3. The van der Waals surface area contributed by atoms with Crippen molar-refractivity contribution in [2.45, 2.75) is 11.3 Å². The minimum atomic E-state index is -1.12. The molecule has 0 aliphatic carbocycles. The lowest BCUT2D eigenvalue weighted by atomic mass is 10.00. The van der Waals surface area contributed by atoms with Crippen molar-refractivity contribution in [3.05, 3.63) is 105 Å². The van der Waals surface area contributed by atoms with E-state index in [2.05, 4.69) is 10.1 Å². The van der Waals surface area contributed by atoms with Crippen LogP contribution in [0.1, 0.15) is 22.1 Å². The minimum Gasteiger partial charge on any atom is -0.291 e. The molecule has 0 bridgehead atoms. The first kappa shape index (κ1) is 21.4. The van der Waals surface area contributed by atoms with E-state index in [-0.39, 0.29) is 22.2 Å². The van der Waals surface area contributed by atoms with Gasteiger partial charge in [0.05, 0.1) is 21.8 Å². The quantitative estimate of drug-likeness (QED) is 0.348. The van der Waals surface area contributed by atoms with E-state index in [0.29, 0.717) is 22.0 Å². The Bertz CT molecular complexity index is 1420. The largest absolute Gasteiger partial charge is 0.325 e. The Morgan fingerprint density at radius 2 is 1.82 bits per heavy atom. The molecular weight excluding hydrogens is 463 g/mol. The van der Waals surface area contributed by atoms with Gasteiger partial charge in [0.2, 0.25) is 5.16 Å². The fourth-order valence-corrected chi connectivity index (χ4v) is 4.65. The van der Waals surface area contributed by atoms with E-state index in [4.69, 9.17) is 11.6 Å². The van der Waals surface area contributed by atoms with Gasteiger partial charge in [0.1, 0.15) is 5.82 Å². The number of fused-ring (bicyclic) bond motifs is 3. The molecule has 1 amide bonds. The molecule has 164 valence electrons. The Kier molecular flexibility index (Phi) is 5.47. The van der Waals surface area contributed by atoms with Gasteiger partial charge in [0.25, 0.3) is 12.1 Å². The Balaban J connectivity index is 1.89. The number of carbonyl (C=O) groups excluding carboxylic acids is 1. The van der Waals surface area contributed by atoms with E-state index in [9.17, 15) is 9.59 Å². The van der Waals surface area contributed by atoms with Crippen LogP contribution in [0.15, 0.2) is 82.7 Å². The molecule has 1 aromatic heterocycles. The number of carbonyl (C=O) groups is 1. The Labute approximate surface area is 197 Å². The van der Waals surface area contributed by atoms with Crippen LogP contribution in [0.25, 0.3) is 11.3 Å². The van der Waals surface area contributed by atoms with Crippen molar-refractivity contribution in [2.75, 3.05) is 11.2 Å². The van der Waals surface area contributed by atoms with Crippen LogP contribution >= 0.6 is 23.4 Å². The number of thioether (sulfide) groups is 1. The Hall–Kier alpha value is -3.49. The van der Waals surface area contributed by atoms with Crippen LogP contribution in [0.4, 0.5) is 10.1 Å². The van der Waals surface area contributed by atoms with Gasteiger partial charge in [0, 0.05) is 10.7 Å². The zero-order valence-corrected chi connectivity index (χ0v) is 18.9. The molecule has 1 aliphatic rings. The summed E-state index contributed by atoms with van der Waals surface area (Å²) in [4.78, 5) is 31.2. The SMILES string of the molecule is CSc1n[n+]2c(c(=O)[nH]1)-c1ccccc1N(C(=O)c1ccccc1)C2c1c(F)cccc1Cl. The summed E-state index contributed by atoms with van der Waals surface area (Å²) in [6.45, 7) is 0. The highest BCUT2D eigenvalue weighted by Crippen LogP contribution is 2.40. The molecule has 4 aromatic rings. The highest BCUT2D eigenvalue weighted by atomic mass is 35.5. The molecule has 0 radical (unpaired) electrons. The topological polar surface area (TPSA) is 69.9 Å². The highest BCUT2D eigenvalue weighted by Gasteiger charge is 2.47. The lowest BCUT2D eigenvalue weighted by Crippen LogP contribution is -2.61. The second-order valence-corrected chi connectivity index (χ2v) is 8.53. The first-order valence-electron chi connectivity index (χ1n) is 10.0. The molecule has 9 heteroatoms. The van der Waals surface area contributed by atoms with E-state index in [1.165, 1.54) is 33.5 Å². The zero-order chi connectivity index (χ0) is 23.1. The molecule has 0 saturated heterocycles. The molecule has 3 aromatic carbocycles. The number of hydrogen-bond donors (Lipinski definition) is 1. The number of aromatic nitrogens is 3. The van der Waals surface area contributed by atoms with Crippen molar-refractivity contribution in [2.24, 2.45) is 0 Å². The number of para-hydroxylation sites is 1. The molecule has 0 fully saturated rings. The van der Waals surface area contributed by atoms with Gasteiger partial charge in [-0.1, -0.05) is 59.8 Å². The summed E-state index contributed by atoms with van der Waals surface area (Å²) in [6.07, 6.45) is 0.643. The predicted molar refractivity (Wildman–Crippen MR) is 125 cm³/mol. The third-order valence-corrected chi connectivity index (χ3v) is 6.35. The van der Waals surface area contributed by atoms with Crippen LogP contribution < -0.4 is 15.1 Å². The number of amides is 1. The molecular formula is C24H17ClFN4O2S+. The minimum absolute atomic E-state index is 0.0503. The maximum absolute atomic E-state index is 15.3. The maximum atomic E-state index is 15.3. The molecule has 33 heavy (non-hydrogen) atoms. The van der Waals surface area contributed by atoms with E-state index in [0.717, 1.165) is 0 Å². The number of rotatable bonds is 3. The molecule has 1 unspecified atom stereocenters. The average molecular weight is 480 g/mol. The molecule has 6 nitrogen and oxygen atoms in total. The number of halogens is 2. The van der Waals surface area contributed by atoms with Gasteiger partial charge in [0.15, 0.2) is 0 Å². The fraction of sp³-hybridized carbons (Fsp3) is 0.0833. The first-order chi connectivity index (χ1) is 16.0. The number of anilines is 1. The Morgan fingerprint density at radius 3 is 2.55 bits per heavy atom. The van der Waals surface area contributed by atoms with Crippen molar-refractivity contribution >= 4 is 35.0 Å². The summed E-state index contributed by atoms with van der Waals surface area (Å²) >= 11 is 7.71. The summed E-state index contributed by atoms with van der Waals surface area (Å²) in [5.74, 6) is -0.984. The monoisotopic (exact) mass is 479 g/mol. The second-order valence-electron chi connectivity index (χ2n) is 7.32. The molecule has 1 N–H and O–H groups in total. The van der Waals surface area contributed by atoms with Crippen molar-refractivity contribution < 1.29 is 13.9 Å². The van der Waals surface area contributed by atoms with Gasteiger partial charge in [-0.2, -0.15) is 0 Å². The summed E-state index contributed by atoms with van der Waals surface area (Å²) in [5, 5.41) is 5.01. The van der Waals surface area contributed by atoms with Gasteiger partial charge in [-0.3, -0.25) is 14.6 Å². The van der Waals surface area contributed by atoms with Crippen LogP contribution in [-0.4, -0.2) is 22.2 Å². The van der Waals surface area contributed by atoms with E-state index in [1.807, 2.05) is 6.07 Å². The lowest BCUT2D eigenvalue weighted by Gasteiger charge is -2.32. The molecule has 0 saturated carbocycles. The molecule has 1 aliphatic heterocycles. The van der Waals surface area contributed by atoms with Gasteiger partial charge in [-0.25, -0.2) is 9.29 Å². The third-order valence-electron chi connectivity index (χ3n) is 5.45. The van der Waals surface area contributed by atoms with Crippen LogP contribution in [0, 0.1) is 5.82 Å². The van der Waals surface area contributed by atoms with Crippen LogP contribution in [0.5, 0.6) is 0 Å². The van der Waals surface area contributed by atoms with Crippen molar-refractivity contribution in [1.82, 2.24) is 10.1 Å². The van der Waals surface area contributed by atoms with Crippen molar-refractivity contribution in [1.29, 1.82) is 0 Å². The highest BCUT2D eigenvalue weighted by molar-refractivity contribution is 7.98. The van der Waals surface area contributed by atoms with Gasteiger partial charge in [-0.15, -0.1) is 0 Å². The number of benzene rings is 3. The van der Waals surface area contributed by atoms with Gasteiger partial charge < -0.3 is 0 Å². The fourth-order valence-electron chi connectivity index (χ4n) is 4.02. The lowest BCUT2D eigenvalue weighted by molar-refractivity contribution is -0.763. The van der Waals surface area contributed by atoms with Gasteiger partial charge in [-0.05, 0) is 47.3 Å². The standard InChI is InChI=1S/C24H16ClFN4O2S/c1-33-24-27-21(31)20-15-10-5-6-13-18(15)29(23(32)14-8-3-2-4-9-14)22(30(20)28-24)19-16(25)11-7-12-17(19)26/h2-13,22H,1H3/p+1. The normalized spacial score (nSPS) is 14.5. The van der Waals surface area contributed by atoms with Gasteiger partial charge >= 0.3 is 11.3 Å². The average Bonchev–Trinajstić information content (AvgIpc) is 2.83. The molecule has 0 spiro atoms. The Morgan fingerprint density at radius 1 is 1.09 bits per heavy atom. The van der Waals surface area contributed by atoms with E-state index in [1.54, 1.807) is 60.9 Å². The summed E-state index contributed by atoms with van der Waals surface area (Å²) in [5.41, 5.74) is 1.24. The summed E-state index contributed by atoms with van der Waals surface area (Å²) in [6, 6.07) is 20.0. The number of nitrogens with one attached hydrogen (secondary N) is 1. The van der Waals surface area contributed by atoms with Crippen LogP contribution in [0.2, 0.25) is 5.02 Å². The second kappa shape index (κ2) is 8.46. The summed E-state index contributed by atoms with van der Waals surface area (Å²) < 4.78 is 16.7. The van der Waals surface area contributed by atoms with E-state index >= 15 is 4.39 Å². The van der Waals surface area contributed by atoms with Crippen molar-refractivity contribution in [3.63, 3.8) is 0 Å². The molecule has 1 atom stereocenters. The number of nitrogens with zero attached hydrogens (tertiary/aromatic N) is 3. The maximum Gasteiger partial charge on any atom is 0.325 e. The first-order valence-corrected chi connectivity index (χ1v) is 11.6. The van der Waals surface area contributed by atoms with Crippen molar-refractivity contribution in [3.8, 4) is 11.3 Å². The van der Waals surface area contributed by atoms with Crippen LogP contribution in [-0.2, 0) is 0 Å². The predicted octanol–water partition coefficient (Wildman–Crippen LogP) is 4.45. The number of aromatic amines is 1. The van der Waals surface area contributed by atoms with E-state index < -0.39 is 17.5 Å². The van der Waals surface area contributed by atoms with Crippen LogP contribution in [0.3, 0.4) is 0 Å². The molecule has 2 heterocycles. The molecule has 5 rings (SSSR count). The third kappa shape index (κ3) is 3.51. The number of H-pyrrole nitrogens is 1. The smallest absolute Gasteiger partial charge is 0.291 e. The number of hydrogen-bond acceptors (Lipinski definition) is 4.